The number of nitrogens with zero attached hydrogens (tertiary/aromatic N) is 2. The van der Waals surface area contributed by atoms with Crippen LogP contribution in [0.15, 0.2) is 30.5 Å². The predicted molar refractivity (Wildman–Crippen MR) is 73.5 cm³/mol. The highest BCUT2D eigenvalue weighted by atomic mass is 15.1. The predicted octanol–water partition coefficient (Wildman–Crippen LogP) is 3.55. The fraction of sp³-hybridized carbons (Fsp3) is 0.200. The molecular formula is C15H15N3. The number of aromatic amines is 1. The number of aromatic nitrogens is 3. The Kier molecular flexibility index (Phi) is 2.40. The van der Waals surface area contributed by atoms with Gasteiger partial charge in [0.25, 0.3) is 0 Å². The molecule has 1 aromatic carbocycles. The van der Waals surface area contributed by atoms with E-state index in [1.807, 2.05) is 0 Å². The van der Waals surface area contributed by atoms with Gasteiger partial charge in [0.15, 0.2) is 0 Å². The fourth-order valence-electron chi connectivity index (χ4n) is 2.26. The topological polar surface area (TPSA) is 41.6 Å². The maximum Gasteiger partial charge on any atom is 0.109 e. The van der Waals surface area contributed by atoms with Crippen molar-refractivity contribution in [1.82, 2.24) is 15.2 Å². The number of H-pyrrole nitrogens is 1. The number of fused-ring (bicyclic) bond motifs is 1. The van der Waals surface area contributed by atoms with Gasteiger partial charge in [0.2, 0.25) is 0 Å². The molecular weight excluding hydrogens is 222 g/mol. The first-order valence-corrected chi connectivity index (χ1v) is 6.04. The van der Waals surface area contributed by atoms with E-state index in [1.165, 1.54) is 22.3 Å². The summed E-state index contributed by atoms with van der Waals surface area (Å²) in [5.74, 6) is 0. The lowest BCUT2D eigenvalue weighted by molar-refractivity contribution is 1.12. The highest BCUT2D eigenvalue weighted by Gasteiger charge is 2.10. The second kappa shape index (κ2) is 3.95. The first-order valence-electron chi connectivity index (χ1n) is 6.04. The summed E-state index contributed by atoms with van der Waals surface area (Å²) in [6, 6.07) is 8.44. The van der Waals surface area contributed by atoms with Gasteiger partial charge in [0.05, 0.1) is 17.4 Å². The van der Waals surface area contributed by atoms with Crippen LogP contribution in [-0.2, 0) is 0 Å². The molecule has 0 saturated carbocycles. The quantitative estimate of drug-likeness (QED) is 0.703. The Labute approximate surface area is 106 Å². The zero-order chi connectivity index (χ0) is 12.7. The molecule has 0 amide bonds. The molecule has 0 atom stereocenters. The molecule has 2 aromatic heterocycles. The van der Waals surface area contributed by atoms with Crippen molar-refractivity contribution in [3.63, 3.8) is 0 Å². The molecule has 0 saturated heterocycles. The van der Waals surface area contributed by atoms with Crippen LogP contribution in [-0.4, -0.2) is 15.2 Å². The zero-order valence-electron chi connectivity index (χ0n) is 10.8. The van der Waals surface area contributed by atoms with Gasteiger partial charge in [0.1, 0.15) is 5.52 Å². The average Bonchev–Trinajstić information content (AvgIpc) is 2.79. The molecule has 2 heterocycles. The third-order valence-electron chi connectivity index (χ3n) is 3.47. The Bertz CT molecular complexity index is 726. The summed E-state index contributed by atoms with van der Waals surface area (Å²) in [4.78, 5) is 4.71. The minimum atomic E-state index is 0.913. The lowest BCUT2D eigenvalue weighted by Gasteiger charge is -2.10. The number of benzene rings is 1. The summed E-state index contributed by atoms with van der Waals surface area (Å²) in [6.07, 6.45) is 1.77. The Balaban J connectivity index is 2.30. The van der Waals surface area contributed by atoms with E-state index < -0.39 is 0 Å². The lowest BCUT2D eigenvalue weighted by atomic mass is 9.98. The SMILES string of the molecule is Cc1cc2[nH]ncc2nc1-c1cccc(C)c1C. The van der Waals surface area contributed by atoms with E-state index in [2.05, 4.69) is 55.2 Å². The second-order valence-corrected chi connectivity index (χ2v) is 4.70. The van der Waals surface area contributed by atoms with E-state index in [4.69, 9.17) is 4.98 Å². The number of nitrogens with one attached hydrogen (secondary N) is 1. The highest BCUT2D eigenvalue weighted by molar-refractivity contribution is 5.80. The number of rotatable bonds is 1. The van der Waals surface area contributed by atoms with Gasteiger partial charge in [-0.2, -0.15) is 5.10 Å². The first kappa shape index (κ1) is 11.0. The van der Waals surface area contributed by atoms with Gasteiger partial charge >= 0.3 is 0 Å². The van der Waals surface area contributed by atoms with E-state index in [0.29, 0.717) is 0 Å². The summed E-state index contributed by atoms with van der Waals surface area (Å²) in [5, 5.41) is 6.98. The van der Waals surface area contributed by atoms with E-state index in [0.717, 1.165) is 16.7 Å². The molecule has 0 spiro atoms. The molecule has 3 aromatic rings. The smallest absolute Gasteiger partial charge is 0.109 e. The molecule has 3 heteroatoms. The van der Waals surface area contributed by atoms with Crippen molar-refractivity contribution in [1.29, 1.82) is 0 Å². The largest absolute Gasteiger partial charge is 0.276 e. The minimum absolute atomic E-state index is 0.913. The minimum Gasteiger partial charge on any atom is -0.276 e. The molecule has 0 radical (unpaired) electrons. The van der Waals surface area contributed by atoms with Crippen LogP contribution in [0.2, 0.25) is 0 Å². The summed E-state index contributed by atoms with van der Waals surface area (Å²) < 4.78 is 0. The number of hydrogen-bond donors (Lipinski definition) is 1. The van der Waals surface area contributed by atoms with Crippen LogP contribution in [0.4, 0.5) is 0 Å². The average molecular weight is 237 g/mol. The summed E-state index contributed by atoms with van der Waals surface area (Å²) in [6.45, 7) is 6.36. The molecule has 3 nitrogen and oxygen atoms in total. The van der Waals surface area contributed by atoms with Crippen LogP contribution in [0, 0.1) is 20.8 Å². The van der Waals surface area contributed by atoms with E-state index in [9.17, 15) is 0 Å². The van der Waals surface area contributed by atoms with Crippen molar-refractivity contribution < 1.29 is 0 Å². The third kappa shape index (κ3) is 1.59. The fourth-order valence-corrected chi connectivity index (χ4v) is 2.26. The van der Waals surface area contributed by atoms with E-state index in [1.54, 1.807) is 6.20 Å². The maximum absolute atomic E-state index is 4.71. The van der Waals surface area contributed by atoms with Crippen molar-refractivity contribution in [2.24, 2.45) is 0 Å². The highest BCUT2D eigenvalue weighted by Crippen LogP contribution is 2.28. The molecule has 0 aliphatic heterocycles. The van der Waals surface area contributed by atoms with Crippen molar-refractivity contribution in [2.45, 2.75) is 20.8 Å². The summed E-state index contributed by atoms with van der Waals surface area (Å²) in [5.41, 5.74) is 7.90. The molecule has 90 valence electrons. The monoisotopic (exact) mass is 237 g/mol. The van der Waals surface area contributed by atoms with Crippen molar-refractivity contribution in [3.05, 3.63) is 47.2 Å². The standard InChI is InChI=1S/C15H15N3/c1-9-5-4-6-12(11(9)3)15-10(2)7-13-14(17-15)8-16-18-13/h4-8H,1-3H3,(H,16,18). The third-order valence-corrected chi connectivity index (χ3v) is 3.47. The molecule has 0 aliphatic rings. The van der Waals surface area contributed by atoms with Gasteiger partial charge in [-0.15, -0.1) is 0 Å². The molecule has 0 fully saturated rings. The van der Waals surface area contributed by atoms with Crippen LogP contribution in [0.5, 0.6) is 0 Å². The zero-order valence-corrected chi connectivity index (χ0v) is 10.8. The van der Waals surface area contributed by atoms with Crippen molar-refractivity contribution in [2.75, 3.05) is 0 Å². The number of aryl methyl sites for hydroxylation is 2. The van der Waals surface area contributed by atoms with Crippen LogP contribution in [0.3, 0.4) is 0 Å². The molecule has 18 heavy (non-hydrogen) atoms. The maximum atomic E-state index is 4.71. The van der Waals surface area contributed by atoms with Gasteiger partial charge in [0, 0.05) is 5.56 Å². The summed E-state index contributed by atoms with van der Waals surface area (Å²) >= 11 is 0. The Morgan fingerprint density at radius 3 is 2.72 bits per heavy atom. The van der Waals surface area contributed by atoms with Gasteiger partial charge in [-0.3, -0.25) is 5.10 Å². The first-order chi connectivity index (χ1) is 8.66. The van der Waals surface area contributed by atoms with E-state index >= 15 is 0 Å². The van der Waals surface area contributed by atoms with Gasteiger partial charge in [-0.1, -0.05) is 18.2 Å². The van der Waals surface area contributed by atoms with Crippen molar-refractivity contribution in [3.8, 4) is 11.3 Å². The Hall–Kier alpha value is -2.16. The molecule has 1 N–H and O–H groups in total. The van der Waals surface area contributed by atoms with Crippen LogP contribution in [0.25, 0.3) is 22.3 Å². The van der Waals surface area contributed by atoms with Crippen LogP contribution in [0.1, 0.15) is 16.7 Å². The lowest BCUT2D eigenvalue weighted by Crippen LogP contribution is -1.93. The molecule has 0 bridgehead atoms. The van der Waals surface area contributed by atoms with Crippen molar-refractivity contribution >= 4 is 11.0 Å². The Morgan fingerprint density at radius 2 is 1.89 bits per heavy atom. The van der Waals surface area contributed by atoms with Crippen LogP contribution >= 0.6 is 0 Å². The number of hydrogen-bond acceptors (Lipinski definition) is 2. The van der Waals surface area contributed by atoms with Crippen LogP contribution < -0.4 is 0 Å². The van der Waals surface area contributed by atoms with Gasteiger partial charge < -0.3 is 0 Å². The molecule has 0 unspecified atom stereocenters. The normalized spacial score (nSPS) is 11.1. The molecule has 0 aliphatic carbocycles. The summed E-state index contributed by atoms with van der Waals surface area (Å²) in [7, 11) is 0. The molecule has 3 rings (SSSR count). The Morgan fingerprint density at radius 1 is 1.06 bits per heavy atom. The second-order valence-electron chi connectivity index (χ2n) is 4.70. The van der Waals surface area contributed by atoms with Gasteiger partial charge in [-0.05, 0) is 43.5 Å². The number of pyridine rings is 1. The van der Waals surface area contributed by atoms with E-state index in [-0.39, 0.29) is 0 Å². The van der Waals surface area contributed by atoms with Gasteiger partial charge in [-0.25, -0.2) is 4.98 Å².